The molecule has 146 valence electrons. The Balaban J connectivity index is 5.30. The third kappa shape index (κ3) is 5.82. The summed E-state index contributed by atoms with van der Waals surface area (Å²) in [7, 11) is 0. The van der Waals surface area contributed by atoms with Crippen LogP contribution in [0.15, 0.2) is 0 Å². The molecule has 0 rings (SSSR count). The quantitative estimate of drug-likeness (QED) is 0.138. The Kier molecular flexibility index (Phi) is 8.23. The van der Waals surface area contributed by atoms with Gasteiger partial charge in [0.15, 0.2) is 0 Å². The summed E-state index contributed by atoms with van der Waals surface area (Å²) in [5.74, 6) is -6.52. The van der Waals surface area contributed by atoms with E-state index in [0.29, 0.717) is 12.8 Å². The SMILES string of the molecule is CCCCCCCC(C)(I)CC(F)(C(F)(F)F)C(F)(F)C(F)(F)F. The third-order valence-corrected chi connectivity index (χ3v) is 4.64. The van der Waals surface area contributed by atoms with E-state index in [1.807, 2.05) is 6.92 Å². The second-order valence-electron chi connectivity index (χ2n) is 6.13. The minimum Gasteiger partial charge on any atom is -0.227 e. The largest absolute Gasteiger partial charge is 0.457 e. The van der Waals surface area contributed by atoms with Crippen molar-refractivity contribution in [3.05, 3.63) is 0 Å². The van der Waals surface area contributed by atoms with Crippen LogP contribution in [0.1, 0.15) is 58.8 Å². The first-order valence-corrected chi connectivity index (χ1v) is 8.49. The molecular weight excluding hydrogens is 466 g/mol. The molecule has 0 aromatic carbocycles. The molecule has 0 saturated carbocycles. The van der Waals surface area contributed by atoms with E-state index in [-0.39, 0.29) is 6.42 Å². The summed E-state index contributed by atoms with van der Waals surface area (Å²) in [5, 5.41) is 0. The maximum atomic E-state index is 14.1. The van der Waals surface area contributed by atoms with Crippen LogP contribution in [0.4, 0.5) is 39.5 Å². The minimum absolute atomic E-state index is 0.0903. The molecule has 0 aliphatic rings. The van der Waals surface area contributed by atoms with Gasteiger partial charge in [0.05, 0.1) is 0 Å². The molecule has 0 aliphatic heterocycles. The Bertz CT molecular complexity index is 387. The van der Waals surface area contributed by atoms with E-state index in [9.17, 15) is 39.5 Å². The molecule has 10 heteroatoms. The van der Waals surface area contributed by atoms with Gasteiger partial charge >= 0.3 is 18.3 Å². The fourth-order valence-corrected chi connectivity index (χ4v) is 3.21. The zero-order valence-electron chi connectivity index (χ0n) is 13.2. The predicted molar refractivity (Wildman–Crippen MR) is 81.3 cm³/mol. The molecule has 0 amide bonds. The van der Waals surface area contributed by atoms with Crippen molar-refractivity contribution >= 4 is 22.6 Å². The zero-order valence-corrected chi connectivity index (χ0v) is 15.4. The first-order chi connectivity index (χ1) is 10.5. The van der Waals surface area contributed by atoms with Crippen molar-refractivity contribution in [2.45, 2.75) is 86.2 Å². The maximum absolute atomic E-state index is 14.1. The van der Waals surface area contributed by atoms with Crippen LogP contribution in [-0.4, -0.2) is 27.4 Å². The average molecular weight is 486 g/mol. The van der Waals surface area contributed by atoms with E-state index in [1.54, 1.807) is 0 Å². The number of alkyl halides is 10. The molecule has 0 fully saturated rings. The molecule has 0 heterocycles. The van der Waals surface area contributed by atoms with Gasteiger partial charge in [0.25, 0.3) is 5.67 Å². The van der Waals surface area contributed by atoms with Crippen molar-refractivity contribution < 1.29 is 39.5 Å². The second-order valence-corrected chi connectivity index (χ2v) is 8.73. The number of rotatable bonds is 9. The molecule has 0 nitrogen and oxygen atoms in total. The van der Waals surface area contributed by atoms with Crippen LogP contribution >= 0.6 is 22.6 Å². The van der Waals surface area contributed by atoms with Gasteiger partial charge in [-0.15, -0.1) is 0 Å². The highest BCUT2D eigenvalue weighted by atomic mass is 127. The van der Waals surface area contributed by atoms with E-state index >= 15 is 0 Å². The van der Waals surface area contributed by atoms with Crippen molar-refractivity contribution in [2.24, 2.45) is 0 Å². The summed E-state index contributed by atoms with van der Waals surface area (Å²) < 4.78 is 114. The Morgan fingerprint density at radius 1 is 0.708 bits per heavy atom. The van der Waals surface area contributed by atoms with Gasteiger partial charge in [-0.2, -0.15) is 35.1 Å². The normalized spacial score (nSPS) is 19.0. The lowest BCUT2D eigenvalue weighted by atomic mass is 9.84. The molecule has 2 unspecified atom stereocenters. The van der Waals surface area contributed by atoms with Crippen LogP contribution < -0.4 is 0 Å². The summed E-state index contributed by atoms with van der Waals surface area (Å²) in [6, 6.07) is 0. The monoisotopic (exact) mass is 486 g/mol. The number of unbranched alkanes of at least 4 members (excludes halogenated alkanes) is 4. The molecule has 0 bridgehead atoms. The highest BCUT2D eigenvalue weighted by Crippen LogP contribution is 2.57. The van der Waals surface area contributed by atoms with E-state index in [4.69, 9.17) is 0 Å². The lowest BCUT2D eigenvalue weighted by Gasteiger charge is -2.39. The number of halogens is 10. The molecule has 2 atom stereocenters. The average Bonchev–Trinajstić information content (AvgIpc) is 2.34. The van der Waals surface area contributed by atoms with Gasteiger partial charge in [-0.3, -0.25) is 0 Å². The Morgan fingerprint density at radius 3 is 1.54 bits per heavy atom. The van der Waals surface area contributed by atoms with Crippen LogP contribution in [0.2, 0.25) is 0 Å². The van der Waals surface area contributed by atoms with Gasteiger partial charge in [0, 0.05) is 9.84 Å². The van der Waals surface area contributed by atoms with Gasteiger partial charge in [-0.25, -0.2) is 4.39 Å². The highest BCUT2D eigenvalue weighted by molar-refractivity contribution is 14.1. The summed E-state index contributed by atoms with van der Waals surface area (Å²) >= 11 is 1.33. The van der Waals surface area contributed by atoms with Crippen molar-refractivity contribution in [3.8, 4) is 0 Å². The molecule has 0 aromatic heterocycles. The smallest absolute Gasteiger partial charge is 0.227 e. The van der Waals surface area contributed by atoms with Crippen molar-refractivity contribution in [3.63, 3.8) is 0 Å². The number of hydrogen-bond donors (Lipinski definition) is 0. The molecule has 0 saturated heterocycles. The van der Waals surface area contributed by atoms with E-state index in [1.165, 1.54) is 22.6 Å². The standard InChI is InChI=1S/C14H20F9I/c1-3-4-5-6-7-8-10(2,24)9-11(15,13(18,19)20)12(16,17)14(21,22)23/h3-9H2,1-2H3. The molecule has 0 aliphatic carbocycles. The molecule has 0 aromatic rings. The zero-order chi connectivity index (χ0) is 19.4. The summed E-state index contributed by atoms with van der Waals surface area (Å²) in [4.78, 5) is 0. The first-order valence-electron chi connectivity index (χ1n) is 7.41. The summed E-state index contributed by atoms with van der Waals surface area (Å²) in [6.45, 7) is 2.99. The van der Waals surface area contributed by atoms with Crippen molar-refractivity contribution in [1.82, 2.24) is 0 Å². The Hall–Kier alpha value is 0.1000. The lowest BCUT2D eigenvalue weighted by molar-refractivity contribution is -0.385. The van der Waals surface area contributed by atoms with Gasteiger partial charge in [0.1, 0.15) is 0 Å². The fourth-order valence-electron chi connectivity index (χ4n) is 2.31. The van der Waals surface area contributed by atoms with E-state index in [2.05, 4.69) is 0 Å². The van der Waals surface area contributed by atoms with Crippen LogP contribution in [0.25, 0.3) is 0 Å². The third-order valence-electron chi connectivity index (χ3n) is 3.72. The minimum atomic E-state index is -6.63. The maximum Gasteiger partial charge on any atom is 0.457 e. The summed E-state index contributed by atoms with van der Waals surface area (Å²) in [6.07, 6.45) is -11.6. The van der Waals surface area contributed by atoms with Crippen LogP contribution in [0.3, 0.4) is 0 Å². The molecule has 0 radical (unpaired) electrons. The summed E-state index contributed by atoms with van der Waals surface area (Å²) in [5.41, 5.74) is -5.67. The van der Waals surface area contributed by atoms with Gasteiger partial charge in [0.2, 0.25) is 0 Å². The Morgan fingerprint density at radius 2 is 1.17 bits per heavy atom. The second kappa shape index (κ2) is 8.20. The van der Waals surface area contributed by atoms with Crippen LogP contribution in [0, 0.1) is 0 Å². The lowest BCUT2D eigenvalue weighted by Crippen LogP contribution is -2.63. The van der Waals surface area contributed by atoms with E-state index < -0.39 is 33.8 Å². The van der Waals surface area contributed by atoms with Crippen molar-refractivity contribution in [1.29, 1.82) is 0 Å². The molecule has 0 N–H and O–H groups in total. The molecule has 24 heavy (non-hydrogen) atoms. The number of hydrogen-bond acceptors (Lipinski definition) is 0. The topological polar surface area (TPSA) is 0 Å². The van der Waals surface area contributed by atoms with Gasteiger partial charge in [-0.05, 0) is 6.42 Å². The Labute approximate surface area is 148 Å². The van der Waals surface area contributed by atoms with Crippen molar-refractivity contribution in [2.75, 3.05) is 0 Å². The van der Waals surface area contributed by atoms with Gasteiger partial charge < -0.3 is 0 Å². The van der Waals surface area contributed by atoms with Gasteiger partial charge in [-0.1, -0.05) is 68.5 Å². The molecule has 0 spiro atoms. The van der Waals surface area contributed by atoms with Crippen LogP contribution in [0.5, 0.6) is 0 Å². The molecular formula is C14H20F9I. The van der Waals surface area contributed by atoms with E-state index in [0.717, 1.165) is 26.2 Å². The fraction of sp³-hybridized carbons (Fsp3) is 1.00. The predicted octanol–water partition coefficient (Wildman–Crippen LogP) is 7.40. The van der Waals surface area contributed by atoms with Crippen LogP contribution in [-0.2, 0) is 0 Å². The first kappa shape index (κ1) is 24.1. The highest BCUT2D eigenvalue weighted by Gasteiger charge is 2.81.